The fraction of sp³-hybridized carbons (Fsp3) is 0.333. The maximum Gasteiger partial charge on any atom is 0.0912 e. The SMILES string of the molecule is Cl.N[C@H](CCF)c1ccccc1. The van der Waals surface area contributed by atoms with E-state index in [2.05, 4.69) is 0 Å². The van der Waals surface area contributed by atoms with Crippen molar-refractivity contribution in [2.75, 3.05) is 6.67 Å². The lowest BCUT2D eigenvalue weighted by atomic mass is 10.1. The molecule has 0 fully saturated rings. The molecule has 1 aromatic carbocycles. The van der Waals surface area contributed by atoms with Crippen LogP contribution in [0.5, 0.6) is 0 Å². The zero-order valence-corrected chi connectivity index (χ0v) is 7.56. The van der Waals surface area contributed by atoms with Gasteiger partial charge in [0.2, 0.25) is 0 Å². The smallest absolute Gasteiger partial charge is 0.0912 e. The largest absolute Gasteiger partial charge is 0.324 e. The van der Waals surface area contributed by atoms with Gasteiger partial charge in [-0.3, -0.25) is 4.39 Å². The van der Waals surface area contributed by atoms with Crippen molar-refractivity contribution in [3.8, 4) is 0 Å². The van der Waals surface area contributed by atoms with E-state index >= 15 is 0 Å². The molecule has 0 bridgehead atoms. The summed E-state index contributed by atoms with van der Waals surface area (Å²) < 4.78 is 11.8. The summed E-state index contributed by atoms with van der Waals surface area (Å²) in [6.45, 7) is -0.351. The van der Waals surface area contributed by atoms with Crippen molar-refractivity contribution >= 4 is 12.4 Å². The van der Waals surface area contributed by atoms with Gasteiger partial charge in [-0.25, -0.2) is 0 Å². The highest BCUT2D eigenvalue weighted by atomic mass is 35.5. The molecule has 1 atom stereocenters. The van der Waals surface area contributed by atoms with E-state index in [9.17, 15) is 4.39 Å². The summed E-state index contributed by atoms with van der Waals surface area (Å²) in [7, 11) is 0. The minimum absolute atomic E-state index is 0. The van der Waals surface area contributed by atoms with E-state index in [0.717, 1.165) is 5.56 Å². The number of rotatable bonds is 3. The van der Waals surface area contributed by atoms with Crippen LogP contribution in [0, 0.1) is 0 Å². The van der Waals surface area contributed by atoms with Crippen LogP contribution in [0.1, 0.15) is 18.0 Å². The summed E-state index contributed by atoms with van der Waals surface area (Å²) in [6, 6.07) is 9.42. The van der Waals surface area contributed by atoms with Gasteiger partial charge in [0.05, 0.1) is 6.67 Å². The topological polar surface area (TPSA) is 26.0 Å². The number of hydrogen-bond donors (Lipinski definition) is 1. The third kappa shape index (κ3) is 3.20. The van der Waals surface area contributed by atoms with Crippen molar-refractivity contribution in [3.05, 3.63) is 35.9 Å². The maximum absolute atomic E-state index is 11.8. The van der Waals surface area contributed by atoms with Crippen molar-refractivity contribution < 1.29 is 4.39 Å². The van der Waals surface area contributed by atoms with Gasteiger partial charge < -0.3 is 5.73 Å². The van der Waals surface area contributed by atoms with Crippen molar-refractivity contribution in [3.63, 3.8) is 0 Å². The first-order chi connectivity index (χ1) is 5.34. The third-order valence-electron chi connectivity index (χ3n) is 1.65. The van der Waals surface area contributed by atoms with Crippen molar-refractivity contribution in [1.29, 1.82) is 0 Å². The minimum atomic E-state index is -0.351. The second-order valence-electron chi connectivity index (χ2n) is 2.49. The molecule has 0 aromatic heterocycles. The Hall–Kier alpha value is -0.600. The van der Waals surface area contributed by atoms with E-state index in [1.165, 1.54) is 0 Å². The Bertz CT molecular complexity index is 203. The van der Waals surface area contributed by atoms with Crippen molar-refractivity contribution in [2.24, 2.45) is 5.73 Å². The highest BCUT2D eigenvalue weighted by molar-refractivity contribution is 5.85. The van der Waals surface area contributed by atoms with E-state index in [1.54, 1.807) is 0 Å². The Morgan fingerprint density at radius 2 is 1.83 bits per heavy atom. The molecule has 0 amide bonds. The molecule has 0 aliphatic rings. The molecule has 0 unspecified atom stereocenters. The average molecular weight is 190 g/mol. The van der Waals surface area contributed by atoms with Crippen molar-refractivity contribution in [1.82, 2.24) is 0 Å². The van der Waals surface area contributed by atoms with E-state index in [-0.39, 0.29) is 25.1 Å². The van der Waals surface area contributed by atoms with Crippen LogP contribution in [-0.4, -0.2) is 6.67 Å². The monoisotopic (exact) mass is 189 g/mol. The predicted octanol–water partition coefficient (Wildman–Crippen LogP) is 2.47. The summed E-state index contributed by atoms with van der Waals surface area (Å²) in [5.41, 5.74) is 6.67. The van der Waals surface area contributed by atoms with E-state index < -0.39 is 0 Å². The van der Waals surface area contributed by atoms with Crippen LogP contribution >= 0.6 is 12.4 Å². The molecule has 68 valence electrons. The molecule has 1 nitrogen and oxygen atoms in total. The first-order valence-electron chi connectivity index (χ1n) is 3.71. The molecule has 0 aliphatic carbocycles. The second-order valence-corrected chi connectivity index (χ2v) is 2.49. The second kappa shape index (κ2) is 5.98. The van der Waals surface area contributed by atoms with Crippen LogP contribution in [0.3, 0.4) is 0 Å². The number of benzene rings is 1. The van der Waals surface area contributed by atoms with Gasteiger partial charge in [0.15, 0.2) is 0 Å². The number of nitrogens with two attached hydrogens (primary N) is 1. The van der Waals surface area contributed by atoms with Crippen LogP contribution in [0.4, 0.5) is 4.39 Å². The Labute approximate surface area is 78.2 Å². The van der Waals surface area contributed by atoms with Gasteiger partial charge in [-0.15, -0.1) is 12.4 Å². The highest BCUT2D eigenvalue weighted by Gasteiger charge is 2.02. The van der Waals surface area contributed by atoms with E-state index in [0.29, 0.717) is 6.42 Å². The average Bonchev–Trinajstić information content (AvgIpc) is 2.07. The first kappa shape index (κ1) is 11.4. The molecule has 0 aliphatic heterocycles. The molecule has 0 radical (unpaired) electrons. The lowest BCUT2D eigenvalue weighted by Gasteiger charge is -2.08. The summed E-state index contributed by atoms with van der Waals surface area (Å²) in [6.07, 6.45) is 0.407. The predicted molar refractivity (Wildman–Crippen MR) is 51.2 cm³/mol. The Morgan fingerprint density at radius 3 is 2.33 bits per heavy atom. The zero-order chi connectivity index (χ0) is 8.10. The van der Waals surface area contributed by atoms with Gasteiger partial charge in [-0.2, -0.15) is 0 Å². The van der Waals surface area contributed by atoms with Crippen LogP contribution in [0.25, 0.3) is 0 Å². The van der Waals surface area contributed by atoms with Crippen LogP contribution in [0.2, 0.25) is 0 Å². The van der Waals surface area contributed by atoms with E-state index in [1.807, 2.05) is 30.3 Å². The van der Waals surface area contributed by atoms with Crippen LogP contribution in [-0.2, 0) is 0 Å². The molecule has 1 rings (SSSR count). The van der Waals surface area contributed by atoms with E-state index in [4.69, 9.17) is 5.73 Å². The van der Waals surface area contributed by atoms with Gasteiger partial charge in [-0.1, -0.05) is 30.3 Å². The molecule has 1 aromatic rings. The summed E-state index contributed by atoms with van der Waals surface area (Å²) in [5, 5.41) is 0. The molecular weight excluding hydrogens is 177 g/mol. The van der Waals surface area contributed by atoms with Gasteiger partial charge in [0.25, 0.3) is 0 Å². The molecule has 2 N–H and O–H groups in total. The quantitative estimate of drug-likeness (QED) is 0.777. The Kier molecular flexibility index (Phi) is 5.68. The summed E-state index contributed by atoms with van der Waals surface area (Å²) in [5.74, 6) is 0. The number of halogens is 2. The van der Waals surface area contributed by atoms with Crippen LogP contribution in [0.15, 0.2) is 30.3 Å². The minimum Gasteiger partial charge on any atom is -0.324 e. The Morgan fingerprint density at radius 1 is 1.25 bits per heavy atom. The van der Waals surface area contributed by atoms with Gasteiger partial charge in [0, 0.05) is 6.04 Å². The van der Waals surface area contributed by atoms with Gasteiger partial charge in [-0.05, 0) is 12.0 Å². The maximum atomic E-state index is 11.8. The molecule has 0 heterocycles. The molecule has 0 saturated heterocycles. The van der Waals surface area contributed by atoms with Gasteiger partial charge >= 0.3 is 0 Å². The number of alkyl halides is 1. The standard InChI is InChI=1S/C9H12FN.ClH/c10-7-6-9(11)8-4-2-1-3-5-8;/h1-5,9H,6-7,11H2;1H/t9-;/m1./s1. The molecule has 3 heteroatoms. The lowest BCUT2D eigenvalue weighted by Crippen LogP contribution is -2.10. The summed E-state index contributed by atoms with van der Waals surface area (Å²) >= 11 is 0. The molecule has 0 spiro atoms. The molecular formula is C9H13ClFN. The van der Waals surface area contributed by atoms with Gasteiger partial charge in [0.1, 0.15) is 0 Å². The Balaban J connectivity index is 0.00000121. The third-order valence-corrected chi connectivity index (χ3v) is 1.65. The first-order valence-corrected chi connectivity index (χ1v) is 3.71. The highest BCUT2D eigenvalue weighted by Crippen LogP contribution is 2.12. The molecule has 0 saturated carbocycles. The van der Waals surface area contributed by atoms with Crippen molar-refractivity contribution in [2.45, 2.75) is 12.5 Å². The summed E-state index contributed by atoms with van der Waals surface area (Å²) in [4.78, 5) is 0. The molecule has 12 heavy (non-hydrogen) atoms. The number of hydrogen-bond acceptors (Lipinski definition) is 1. The van der Waals surface area contributed by atoms with Crippen LogP contribution < -0.4 is 5.73 Å². The lowest BCUT2D eigenvalue weighted by molar-refractivity contribution is 0.442. The fourth-order valence-corrected chi connectivity index (χ4v) is 0.984. The normalized spacial score (nSPS) is 11.8. The fourth-order valence-electron chi connectivity index (χ4n) is 0.984. The zero-order valence-electron chi connectivity index (χ0n) is 6.74.